The fraction of sp³-hybridized carbons (Fsp3) is 0.500. The molecule has 1 aliphatic heterocycles. The SMILES string of the molecule is Nc1ccc(F)c(F)c1N1CCCC2CC21. The van der Waals surface area contributed by atoms with Crippen molar-refractivity contribution in [3.8, 4) is 0 Å². The molecule has 0 spiro atoms. The molecule has 86 valence electrons. The Balaban J connectivity index is 2.02. The van der Waals surface area contributed by atoms with Gasteiger partial charge in [-0.05, 0) is 37.3 Å². The van der Waals surface area contributed by atoms with Gasteiger partial charge in [0.15, 0.2) is 11.6 Å². The molecule has 2 atom stereocenters. The molecular formula is C12H14F2N2. The Hall–Kier alpha value is -1.32. The molecule has 2 N–H and O–H groups in total. The molecule has 0 aromatic heterocycles. The van der Waals surface area contributed by atoms with E-state index < -0.39 is 11.6 Å². The highest BCUT2D eigenvalue weighted by Gasteiger charge is 2.45. The van der Waals surface area contributed by atoms with Crippen LogP contribution in [0.25, 0.3) is 0 Å². The van der Waals surface area contributed by atoms with Crippen molar-refractivity contribution in [1.82, 2.24) is 0 Å². The average molecular weight is 224 g/mol. The van der Waals surface area contributed by atoms with Gasteiger partial charge in [-0.1, -0.05) is 0 Å². The zero-order valence-corrected chi connectivity index (χ0v) is 8.92. The smallest absolute Gasteiger partial charge is 0.184 e. The van der Waals surface area contributed by atoms with E-state index >= 15 is 0 Å². The van der Waals surface area contributed by atoms with E-state index in [2.05, 4.69) is 0 Å². The quantitative estimate of drug-likeness (QED) is 0.743. The number of fused-ring (bicyclic) bond motifs is 1. The lowest BCUT2D eigenvalue weighted by molar-refractivity contribution is 0.495. The Morgan fingerprint density at radius 3 is 2.94 bits per heavy atom. The van der Waals surface area contributed by atoms with Crippen LogP contribution in [0, 0.1) is 17.6 Å². The number of hydrogen-bond acceptors (Lipinski definition) is 2. The first-order valence-electron chi connectivity index (χ1n) is 5.68. The topological polar surface area (TPSA) is 29.3 Å². The Bertz CT molecular complexity index is 433. The van der Waals surface area contributed by atoms with Crippen LogP contribution in [0.5, 0.6) is 0 Å². The van der Waals surface area contributed by atoms with Gasteiger partial charge in [0.2, 0.25) is 0 Å². The van der Waals surface area contributed by atoms with E-state index in [4.69, 9.17) is 5.73 Å². The van der Waals surface area contributed by atoms with E-state index in [1.165, 1.54) is 12.5 Å². The van der Waals surface area contributed by atoms with Crippen LogP contribution in [0.2, 0.25) is 0 Å². The summed E-state index contributed by atoms with van der Waals surface area (Å²) in [6, 6.07) is 2.91. The van der Waals surface area contributed by atoms with Gasteiger partial charge in [-0.3, -0.25) is 0 Å². The van der Waals surface area contributed by atoms with Crippen LogP contribution >= 0.6 is 0 Å². The summed E-state index contributed by atoms with van der Waals surface area (Å²) in [4.78, 5) is 1.95. The van der Waals surface area contributed by atoms with Crippen molar-refractivity contribution in [3.63, 3.8) is 0 Å². The third kappa shape index (κ3) is 1.36. The normalized spacial score (nSPS) is 27.8. The molecule has 16 heavy (non-hydrogen) atoms. The minimum Gasteiger partial charge on any atom is -0.397 e. The van der Waals surface area contributed by atoms with E-state index in [0.717, 1.165) is 25.5 Å². The largest absolute Gasteiger partial charge is 0.397 e. The van der Waals surface area contributed by atoms with Gasteiger partial charge in [0.25, 0.3) is 0 Å². The van der Waals surface area contributed by atoms with Gasteiger partial charge in [0.05, 0.1) is 11.4 Å². The summed E-state index contributed by atoms with van der Waals surface area (Å²) in [5, 5.41) is 0. The van der Waals surface area contributed by atoms with Gasteiger partial charge in [-0.15, -0.1) is 0 Å². The van der Waals surface area contributed by atoms with Crippen molar-refractivity contribution in [2.24, 2.45) is 5.92 Å². The van der Waals surface area contributed by atoms with Crippen molar-refractivity contribution in [2.45, 2.75) is 25.3 Å². The van der Waals surface area contributed by atoms with Crippen LogP contribution < -0.4 is 10.6 Å². The highest BCUT2D eigenvalue weighted by Crippen LogP contribution is 2.47. The van der Waals surface area contributed by atoms with Crippen LogP contribution in [-0.2, 0) is 0 Å². The number of anilines is 2. The van der Waals surface area contributed by atoms with Crippen molar-refractivity contribution in [1.29, 1.82) is 0 Å². The summed E-state index contributed by atoms with van der Waals surface area (Å²) in [5.74, 6) is -0.949. The molecule has 1 aromatic rings. The molecule has 4 heteroatoms. The summed E-state index contributed by atoms with van der Waals surface area (Å²) in [6.07, 6.45) is 3.34. The molecular weight excluding hydrogens is 210 g/mol. The lowest BCUT2D eigenvalue weighted by Crippen LogP contribution is -2.33. The molecule has 2 aliphatic rings. The predicted molar refractivity (Wildman–Crippen MR) is 59.2 cm³/mol. The molecule has 2 nitrogen and oxygen atoms in total. The van der Waals surface area contributed by atoms with Gasteiger partial charge < -0.3 is 10.6 Å². The van der Waals surface area contributed by atoms with Gasteiger partial charge in [-0.2, -0.15) is 0 Å². The molecule has 0 amide bonds. The van der Waals surface area contributed by atoms with Gasteiger partial charge >= 0.3 is 0 Å². The zero-order chi connectivity index (χ0) is 11.3. The maximum absolute atomic E-state index is 13.7. The fourth-order valence-electron chi connectivity index (χ4n) is 2.74. The first-order chi connectivity index (χ1) is 7.68. The van der Waals surface area contributed by atoms with Crippen LogP contribution in [0.15, 0.2) is 12.1 Å². The average Bonchev–Trinajstić information content (AvgIpc) is 3.04. The molecule has 1 heterocycles. The highest BCUT2D eigenvalue weighted by molar-refractivity contribution is 5.69. The molecule has 0 bridgehead atoms. The number of rotatable bonds is 1. The molecule has 3 rings (SSSR count). The number of hydrogen-bond donors (Lipinski definition) is 1. The molecule has 1 saturated heterocycles. The van der Waals surface area contributed by atoms with E-state index in [0.29, 0.717) is 17.6 Å². The van der Waals surface area contributed by atoms with Gasteiger partial charge in [0.1, 0.15) is 0 Å². The Morgan fingerprint density at radius 1 is 1.31 bits per heavy atom. The summed E-state index contributed by atoms with van der Waals surface area (Å²) in [6.45, 7) is 0.783. The maximum atomic E-state index is 13.7. The summed E-state index contributed by atoms with van der Waals surface area (Å²) >= 11 is 0. The van der Waals surface area contributed by atoms with E-state index in [1.54, 1.807) is 0 Å². The fourth-order valence-corrected chi connectivity index (χ4v) is 2.74. The minimum absolute atomic E-state index is 0.271. The lowest BCUT2D eigenvalue weighted by Gasteiger charge is -2.30. The van der Waals surface area contributed by atoms with E-state index in [9.17, 15) is 8.78 Å². The second kappa shape index (κ2) is 3.34. The van der Waals surface area contributed by atoms with Crippen molar-refractivity contribution in [3.05, 3.63) is 23.8 Å². The minimum atomic E-state index is -0.813. The maximum Gasteiger partial charge on any atom is 0.184 e. The number of nitrogens with zero attached hydrogens (tertiary/aromatic N) is 1. The summed E-state index contributed by atoms with van der Waals surface area (Å²) in [7, 11) is 0. The first-order valence-corrected chi connectivity index (χ1v) is 5.68. The monoisotopic (exact) mass is 224 g/mol. The van der Waals surface area contributed by atoms with Crippen molar-refractivity contribution in [2.75, 3.05) is 17.2 Å². The van der Waals surface area contributed by atoms with Gasteiger partial charge in [-0.25, -0.2) is 8.78 Å². The Kier molecular flexibility index (Phi) is 2.06. The summed E-state index contributed by atoms with van der Waals surface area (Å²) < 4.78 is 26.9. The number of benzene rings is 1. The van der Waals surface area contributed by atoms with Crippen LogP contribution in [0.4, 0.5) is 20.2 Å². The number of piperidine rings is 1. The Morgan fingerprint density at radius 2 is 2.12 bits per heavy atom. The second-order valence-electron chi connectivity index (χ2n) is 4.70. The second-order valence-corrected chi connectivity index (χ2v) is 4.70. The molecule has 2 unspecified atom stereocenters. The molecule has 1 saturated carbocycles. The Labute approximate surface area is 93.0 Å². The number of halogens is 2. The molecule has 1 aromatic carbocycles. The zero-order valence-electron chi connectivity index (χ0n) is 8.92. The van der Waals surface area contributed by atoms with Crippen LogP contribution in [-0.4, -0.2) is 12.6 Å². The first kappa shape index (κ1) is 9.87. The van der Waals surface area contributed by atoms with Crippen molar-refractivity contribution >= 4 is 11.4 Å². The molecule has 0 radical (unpaired) electrons. The molecule has 2 fully saturated rings. The van der Waals surface area contributed by atoms with E-state index in [1.807, 2.05) is 4.90 Å². The third-order valence-electron chi connectivity index (χ3n) is 3.65. The standard InChI is InChI=1S/C12H14F2N2/c13-8-3-4-9(15)12(11(8)14)16-5-1-2-7-6-10(7)16/h3-4,7,10H,1-2,5-6,15H2. The predicted octanol–water partition coefficient (Wildman–Crippen LogP) is 2.54. The van der Waals surface area contributed by atoms with Gasteiger partial charge in [0, 0.05) is 12.6 Å². The van der Waals surface area contributed by atoms with Crippen LogP contribution in [0.1, 0.15) is 19.3 Å². The van der Waals surface area contributed by atoms with E-state index in [-0.39, 0.29) is 5.69 Å². The number of nitrogens with two attached hydrogens (primary N) is 1. The number of nitrogen functional groups attached to an aromatic ring is 1. The summed E-state index contributed by atoms with van der Waals surface area (Å²) in [5.41, 5.74) is 6.36. The third-order valence-corrected chi connectivity index (χ3v) is 3.65. The molecule has 1 aliphatic carbocycles. The lowest BCUT2D eigenvalue weighted by atomic mass is 10.1. The van der Waals surface area contributed by atoms with Crippen LogP contribution in [0.3, 0.4) is 0 Å². The van der Waals surface area contributed by atoms with Crippen molar-refractivity contribution < 1.29 is 8.78 Å². The highest BCUT2D eigenvalue weighted by atomic mass is 19.2.